The quantitative estimate of drug-likeness (QED) is 0.293. The first-order valence-electron chi connectivity index (χ1n) is 11.2. The molecule has 1 fully saturated rings. The van der Waals surface area contributed by atoms with Crippen molar-refractivity contribution in [1.82, 2.24) is 4.90 Å². The number of nitrogens with one attached hydrogen (secondary N) is 1. The summed E-state index contributed by atoms with van der Waals surface area (Å²) in [6.07, 6.45) is -3.05. The summed E-state index contributed by atoms with van der Waals surface area (Å²) < 4.78 is 45.2. The monoisotopic (exact) mass is 604 g/mol. The van der Waals surface area contributed by atoms with E-state index in [1.54, 1.807) is 18.2 Å². The van der Waals surface area contributed by atoms with Crippen molar-refractivity contribution in [3.8, 4) is 5.75 Å². The van der Waals surface area contributed by atoms with E-state index in [2.05, 4.69) is 21.2 Å². The van der Waals surface area contributed by atoms with Crippen LogP contribution in [-0.2, 0) is 22.4 Å². The van der Waals surface area contributed by atoms with Crippen LogP contribution >= 0.6 is 27.7 Å². The van der Waals surface area contributed by atoms with Crippen LogP contribution in [0.3, 0.4) is 0 Å². The van der Waals surface area contributed by atoms with Crippen LogP contribution in [0.1, 0.15) is 22.3 Å². The lowest BCUT2D eigenvalue weighted by Crippen LogP contribution is -2.36. The minimum atomic E-state index is -4.57. The number of hydrogen-bond donors (Lipinski definition) is 1. The number of thioether (sulfide) groups is 1. The largest absolute Gasteiger partial charge is 0.488 e. The van der Waals surface area contributed by atoms with Crippen LogP contribution in [0.2, 0.25) is 0 Å². The van der Waals surface area contributed by atoms with Crippen LogP contribution in [0.15, 0.2) is 76.1 Å². The minimum Gasteiger partial charge on any atom is -0.488 e. The maximum Gasteiger partial charge on any atom is 0.416 e. The fourth-order valence-corrected chi connectivity index (χ4v) is 4.94. The van der Waals surface area contributed by atoms with Crippen molar-refractivity contribution in [1.29, 1.82) is 0 Å². The first-order valence-corrected chi connectivity index (χ1v) is 12.8. The Morgan fingerprint density at radius 1 is 1.08 bits per heavy atom. The Balaban J connectivity index is 1.39. The smallest absolute Gasteiger partial charge is 0.416 e. The lowest BCUT2D eigenvalue weighted by atomic mass is 10.1. The van der Waals surface area contributed by atoms with Gasteiger partial charge in [0.05, 0.1) is 14.9 Å². The molecule has 0 aromatic heterocycles. The fraction of sp³-hybridized carbons (Fsp3) is 0.148. The summed E-state index contributed by atoms with van der Waals surface area (Å²) in [7, 11) is 0. The van der Waals surface area contributed by atoms with E-state index in [4.69, 9.17) is 4.74 Å². The number of anilines is 1. The van der Waals surface area contributed by atoms with Crippen molar-refractivity contribution >= 4 is 56.5 Å². The second-order valence-corrected chi connectivity index (χ2v) is 10.2. The number of carbonyl (C=O) groups excluding carboxylic acids is 3. The average Bonchev–Trinajstić information content (AvgIpc) is 3.10. The van der Waals surface area contributed by atoms with Crippen LogP contribution in [0, 0.1) is 6.92 Å². The van der Waals surface area contributed by atoms with Crippen molar-refractivity contribution in [2.45, 2.75) is 19.7 Å². The Morgan fingerprint density at radius 3 is 2.55 bits per heavy atom. The highest BCUT2D eigenvalue weighted by molar-refractivity contribution is 9.10. The van der Waals surface area contributed by atoms with Crippen molar-refractivity contribution in [2.75, 3.05) is 11.9 Å². The van der Waals surface area contributed by atoms with Crippen molar-refractivity contribution in [3.63, 3.8) is 0 Å². The standard InChI is InChI=1S/C27H20BrF3N2O4S/c1-16-4-2-5-18(10-16)15-37-22-9-8-17(11-21(22)28)12-23-25(35)33(26(36)38-23)14-24(34)32-20-7-3-6-19(13-20)27(29,30)31/h2-13H,14-15H2,1H3,(H,32,34)/b23-12-. The van der Waals surface area contributed by atoms with Gasteiger partial charge in [-0.25, -0.2) is 0 Å². The van der Waals surface area contributed by atoms with E-state index in [1.165, 1.54) is 12.1 Å². The molecule has 3 amide bonds. The summed E-state index contributed by atoms with van der Waals surface area (Å²) in [5.74, 6) is -0.871. The van der Waals surface area contributed by atoms with E-state index in [0.717, 1.165) is 34.2 Å². The third-order valence-corrected chi connectivity index (χ3v) is 6.91. The fourth-order valence-electron chi connectivity index (χ4n) is 3.59. The molecular weight excluding hydrogens is 585 g/mol. The van der Waals surface area contributed by atoms with E-state index >= 15 is 0 Å². The molecule has 1 aliphatic heterocycles. The summed E-state index contributed by atoms with van der Waals surface area (Å²) in [6, 6.07) is 17.2. The van der Waals surface area contributed by atoms with Crippen molar-refractivity contribution in [2.24, 2.45) is 0 Å². The molecule has 0 saturated carbocycles. The summed E-state index contributed by atoms with van der Waals surface area (Å²) >= 11 is 4.13. The predicted octanol–water partition coefficient (Wildman–Crippen LogP) is 7.03. The van der Waals surface area contributed by atoms with Gasteiger partial charge >= 0.3 is 6.18 Å². The molecule has 0 aliphatic carbocycles. The maximum atomic E-state index is 12.9. The van der Waals surface area contributed by atoms with Crippen LogP contribution in [0.4, 0.5) is 23.7 Å². The van der Waals surface area contributed by atoms with Crippen LogP contribution in [-0.4, -0.2) is 28.5 Å². The highest BCUT2D eigenvalue weighted by atomic mass is 79.9. The molecule has 3 aromatic rings. The molecule has 196 valence electrons. The van der Waals surface area contributed by atoms with Gasteiger partial charge in [-0.1, -0.05) is 42.0 Å². The molecule has 3 aromatic carbocycles. The molecule has 1 aliphatic rings. The molecule has 0 atom stereocenters. The van der Waals surface area contributed by atoms with Gasteiger partial charge in [0.1, 0.15) is 18.9 Å². The molecule has 4 rings (SSSR count). The Hall–Kier alpha value is -3.57. The van der Waals surface area contributed by atoms with Gasteiger partial charge in [-0.3, -0.25) is 19.3 Å². The van der Waals surface area contributed by atoms with E-state index < -0.39 is 35.3 Å². The predicted molar refractivity (Wildman–Crippen MR) is 142 cm³/mol. The molecule has 0 bridgehead atoms. The van der Waals surface area contributed by atoms with Crippen molar-refractivity contribution in [3.05, 3.63) is 98.4 Å². The molecule has 1 heterocycles. The van der Waals surface area contributed by atoms with E-state index in [1.807, 2.05) is 31.2 Å². The number of hydrogen-bond acceptors (Lipinski definition) is 5. The number of halogens is 4. The first kappa shape index (κ1) is 27.5. The average molecular weight is 605 g/mol. The molecule has 0 radical (unpaired) electrons. The van der Waals surface area contributed by atoms with E-state index in [0.29, 0.717) is 34.2 Å². The van der Waals surface area contributed by atoms with Gasteiger partial charge in [0.25, 0.3) is 11.1 Å². The molecule has 38 heavy (non-hydrogen) atoms. The summed E-state index contributed by atoms with van der Waals surface area (Å²) in [5.41, 5.74) is 1.75. The van der Waals surface area contributed by atoms with Crippen LogP contribution in [0.25, 0.3) is 6.08 Å². The SMILES string of the molecule is Cc1cccc(COc2ccc(/C=C3\SC(=O)N(CC(=O)Nc4cccc(C(F)(F)F)c4)C3=O)cc2Br)c1. The third kappa shape index (κ3) is 6.84. The summed E-state index contributed by atoms with van der Waals surface area (Å²) in [6.45, 7) is 1.74. The normalized spacial score (nSPS) is 14.8. The number of alkyl halides is 3. The van der Waals surface area contributed by atoms with Gasteiger partial charge in [-0.2, -0.15) is 13.2 Å². The molecule has 6 nitrogen and oxygen atoms in total. The van der Waals surface area contributed by atoms with Crippen LogP contribution < -0.4 is 10.1 Å². The Morgan fingerprint density at radius 2 is 1.84 bits per heavy atom. The lowest BCUT2D eigenvalue weighted by molar-refractivity contribution is -0.137. The molecular formula is C27H20BrF3N2O4S. The Kier molecular flexibility index (Phi) is 8.27. The van der Waals surface area contributed by atoms with Crippen molar-refractivity contribution < 1.29 is 32.3 Å². The van der Waals surface area contributed by atoms with Gasteiger partial charge in [0.2, 0.25) is 5.91 Å². The van der Waals surface area contributed by atoms with Crippen LogP contribution in [0.5, 0.6) is 5.75 Å². The lowest BCUT2D eigenvalue weighted by Gasteiger charge is -2.13. The summed E-state index contributed by atoms with van der Waals surface area (Å²) in [4.78, 5) is 38.4. The second-order valence-electron chi connectivity index (χ2n) is 8.36. The molecule has 1 N–H and O–H groups in total. The number of nitrogens with zero attached hydrogens (tertiary/aromatic N) is 1. The van der Waals surface area contributed by atoms with E-state index in [9.17, 15) is 27.6 Å². The molecule has 11 heteroatoms. The Bertz CT molecular complexity index is 1440. The van der Waals surface area contributed by atoms with Gasteiger partial charge in [-0.15, -0.1) is 0 Å². The zero-order chi connectivity index (χ0) is 27.4. The molecule has 1 saturated heterocycles. The first-order chi connectivity index (χ1) is 18.0. The number of carbonyl (C=O) groups is 3. The third-order valence-electron chi connectivity index (χ3n) is 5.38. The molecule has 0 unspecified atom stereocenters. The minimum absolute atomic E-state index is 0.0955. The number of amides is 3. The zero-order valence-electron chi connectivity index (χ0n) is 19.8. The number of aryl methyl sites for hydroxylation is 1. The maximum absolute atomic E-state index is 12.9. The Labute approximate surface area is 229 Å². The van der Waals surface area contributed by atoms with Gasteiger partial charge < -0.3 is 10.1 Å². The molecule has 0 spiro atoms. The highest BCUT2D eigenvalue weighted by Gasteiger charge is 2.36. The van der Waals surface area contributed by atoms with Gasteiger partial charge in [0, 0.05) is 5.69 Å². The van der Waals surface area contributed by atoms with Gasteiger partial charge in [-0.05, 0) is 82.2 Å². The topological polar surface area (TPSA) is 75.7 Å². The number of ether oxygens (including phenoxy) is 1. The number of rotatable bonds is 7. The number of imide groups is 1. The zero-order valence-corrected chi connectivity index (χ0v) is 22.2. The van der Waals surface area contributed by atoms with E-state index in [-0.39, 0.29) is 10.6 Å². The number of benzene rings is 3. The second kappa shape index (κ2) is 11.4. The van der Waals surface area contributed by atoms with Gasteiger partial charge in [0.15, 0.2) is 0 Å². The highest BCUT2D eigenvalue weighted by Crippen LogP contribution is 2.34. The summed E-state index contributed by atoms with van der Waals surface area (Å²) in [5, 5.41) is 1.64.